The Morgan fingerprint density at radius 2 is 2.08 bits per heavy atom. The first kappa shape index (κ1) is 17.8. The van der Waals surface area contributed by atoms with E-state index in [1.807, 2.05) is 0 Å². The van der Waals surface area contributed by atoms with Crippen molar-refractivity contribution in [1.29, 1.82) is 0 Å². The zero-order valence-corrected chi connectivity index (χ0v) is 15.0. The van der Waals surface area contributed by atoms with Gasteiger partial charge in [-0.1, -0.05) is 0 Å². The number of alkyl halides is 3. The van der Waals surface area contributed by atoms with Gasteiger partial charge in [0.25, 0.3) is 0 Å². The number of carboxylic acid groups (broad SMARTS) is 1. The summed E-state index contributed by atoms with van der Waals surface area (Å²) in [6.07, 6.45) is -5.10. The van der Waals surface area contributed by atoms with Gasteiger partial charge in [-0.05, 0) is 58.6 Å². The molecule has 0 spiro atoms. The van der Waals surface area contributed by atoms with E-state index in [1.54, 1.807) is 19.1 Å². The van der Waals surface area contributed by atoms with Crippen LogP contribution < -0.4 is 4.74 Å². The predicted molar refractivity (Wildman–Crippen MR) is 89.3 cm³/mol. The molecule has 0 saturated heterocycles. The van der Waals surface area contributed by atoms with Crippen molar-refractivity contribution in [3.05, 3.63) is 39.5 Å². The molecule has 134 valence electrons. The van der Waals surface area contributed by atoms with E-state index in [0.29, 0.717) is 27.9 Å². The van der Waals surface area contributed by atoms with Crippen LogP contribution in [0.1, 0.15) is 34.6 Å². The van der Waals surface area contributed by atoms with Gasteiger partial charge in [0.15, 0.2) is 0 Å². The fraction of sp³-hybridized carbons (Fsp3) is 0.353. The Hall–Kier alpha value is -1.96. The molecule has 1 aliphatic heterocycles. The molecule has 0 bridgehead atoms. The largest absolute Gasteiger partial charge is 0.496 e. The predicted octanol–water partition coefficient (Wildman–Crippen LogP) is 4.85. The molecule has 0 fully saturated rings. The fourth-order valence-corrected chi connectivity index (χ4v) is 3.91. The molecule has 1 aliphatic rings. The summed E-state index contributed by atoms with van der Waals surface area (Å²) in [5.74, 6) is -0.653. The Morgan fingerprint density at radius 1 is 1.40 bits per heavy atom. The molecule has 1 N–H and O–H groups in total. The molecule has 4 nitrogen and oxygen atoms in total. The Bertz CT molecular complexity index is 858. The fourth-order valence-electron chi connectivity index (χ4n) is 3.40. The van der Waals surface area contributed by atoms with Gasteiger partial charge in [0.05, 0.1) is 23.7 Å². The lowest BCUT2D eigenvalue weighted by Gasteiger charge is -2.28. The number of halogens is 4. The molecule has 0 saturated carbocycles. The molecular weight excluding hydrogens is 403 g/mol. The summed E-state index contributed by atoms with van der Waals surface area (Å²) >= 11 is 3.35. The van der Waals surface area contributed by atoms with E-state index in [9.17, 15) is 23.1 Å². The second-order valence-electron chi connectivity index (χ2n) is 6.07. The topological polar surface area (TPSA) is 51.5 Å². The standard InChI is InChI=1S/C17H15BrF3NO3/c1-8-3-9-5-14(25-2)12(18)6-11(9)15-10(7-17(19,20)21)4-13(16(23)24)22(8)15/h4-6,8H,3,7H2,1-2H3,(H,23,24)/t8-/m1/s1. The second kappa shape index (κ2) is 6.09. The van der Waals surface area contributed by atoms with E-state index in [-0.39, 0.29) is 17.3 Å². The van der Waals surface area contributed by atoms with E-state index in [2.05, 4.69) is 15.9 Å². The van der Waals surface area contributed by atoms with Crippen LogP contribution in [-0.2, 0) is 12.8 Å². The third kappa shape index (κ3) is 3.15. The molecule has 25 heavy (non-hydrogen) atoms. The number of aromatic nitrogens is 1. The third-order valence-electron chi connectivity index (χ3n) is 4.31. The van der Waals surface area contributed by atoms with Gasteiger partial charge in [-0.25, -0.2) is 4.79 Å². The molecule has 1 aromatic carbocycles. The lowest BCUT2D eigenvalue weighted by Crippen LogP contribution is -2.21. The number of methoxy groups -OCH3 is 1. The van der Waals surface area contributed by atoms with Gasteiger partial charge in [0.2, 0.25) is 0 Å². The van der Waals surface area contributed by atoms with Crippen LogP contribution in [0.25, 0.3) is 11.3 Å². The van der Waals surface area contributed by atoms with Crippen molar-refractivity contribution < 1.29 is 27.8 Å². The highest BCUT2D eigenvalue weighted by atomic mass is 79.9. The average Bonchev–Trinajstić information content (AvgIpc) is 2.86. The first-order valence-electron chi connectivity index (χ1n) is 7.53. The van der Waals surface area contributed by atoms with Crippen LogP contribution in [0.15, 0.2) is 22.7 Å². The summed E-state index contributed by atoms with van der Waals surface area (Å²) in [4.78, 5) is 11.5. The van der Waals surface area contributed by atoms with Gasteiger partial charge in [-0.3, -0.25) is 0 Å². The number of fused-ring (bicyclic) bond motifs is 3. The van der Waals surface area contributed by atoms with Crippen molar-refractivity contribution >= 4 is 21.9 Å². The van der Waals surface area contributed by atoms with Crippen LogP contribution in [-0.4, -0.2) is 28.9 Å². The maximum atomic E-state index is 13.0. The molecule has 0 unspecified atom stereocenters. The number of benzene rings is 1. The SMILES string of the molecule is COc1cc2c(cc1Br)-c1c(CC(F)(F)F)cc(C(=O)O)n1[C@H](C)C2. The summed E-state index contributed by atoms with van der Waals surface area (Å²) in [5, 5.41) is 9.42. The highest BCUT2D eigenvalue weighted by Crippen LogP contribution is 2.44. The molecule has 0 aliphatic carbocycles. The molecule has 0 radical (unpaired) electrons. The number of hydrogen-bond donors (Lipinski definition) is 1. The number of carbonyl (C=O) groups is 1. The lowest BCUT2D eigenvalue weighted by atomic mass is 9.92. The number of hydrogen-bond acceptors (Lipinski definition) is 2. The molecular formula is C17H15BrF3NO3. The Morgan fingerprint density at radius 3 is 2.64 bits per heavy atom. The van der Waals surface area contributed by atoms with E-state index in [0.717, 1.165) is 11.6 Å². The zero-order chi connectivity index (χ0) is 18.5. The number of carboxylic acids is 1. The van der Waals surface area contributed by atoms with E-state index in [1.165, 1.54) is 11.7 Å². The van der Waals surface area contributed by atoms with Crippen molar-refractivity contribution in [2.24, 2.45) is 0 Å². The molecule has 8 heteroatoms. The van der Waals surface area contributed by atoms with Crippen LogP contribution in [0.4, 0.5) is 13.2 Å². The summed E-state index contributed by atoms with van der Waals surface area (Å²) in [5.41, 5.74) is 1.58. The minimum absolute atomic E-state index is 0.0326. The van der Waals surface area contributed by atoms with Crippen molar-refractivity contribution in [1.82, 2.24) is 4.57 Å². The highest BCUT2D eigenvalue weighted by Gasteiger charge is 2.35. The smallest absolute Gasteiger partial charge is 0.393 e. The number of nitrogens with zero attached hydrogens (tertiary/aromatic N) is 1. The highest BCUT2D eigenvalue weighted by molar-refractivity contribution is 9.10. The van der Waals surface area contributed by atoms with Gasteiger partial charge in [0.1, 0.15) is 11.4 Å². The minimum atomic E-state index is -4.43. The molecule has 2 heterocycles. The van der Waals surface area contributed by atoms with Crippen LogP contribution in [0.3, 0.4) is 0 Å². The molecule has 1 atom stereocenters. The quantitative estimate of drug-likeness (QED) is 0.776. The Balaban J connectivity index is 2.30. The van der Waals surface area contributed by atoms with E-state index >= 15 is 0 Å². The van der Waals surface area contributed by atoms with Crippen molar-refractivity contribution in [2.75, 3.05) is 7.11 Å². The van der Waals surface area contributed by atoms with Gasteiger partial charge < -0.3 is 14.4 Å². The van der Waals surface area contributed by atoms with Crippen molar-refractivity contribution in [3.8, 4) is 17.0 Å². The van der Waals surface area contributed by atoms with Crippen LogP contribution in [0, 0.1) is 0 Å². The first-order chi connectivity index (χ1) is 11.6. The van der Waals surface area contributed by atoms with Gasteiger partial charge in [-0.2, -0.15) is 13.2 Å². The molecule has 3 rings (SSSR count). The lowest BCUT2D eigenvalue weighted by molar-refractivity contribution is -0.127. The molecule has 1 aromatic heterocycles. The minimum Gasteiger partial charge on any atom is -0.496 e. The Kier molecular flexibility index (Phi) is 4.35. The normalized spacial score (nSPS) is 16.3. The third-order valence-corrected chi connectivity index (χ3v) is 4.93. The van der Waals surface area contributed by atoms with Gasteiger partial charge in [-0.15, -0.1) is 0 Å². The van der Waals surface area contributed by atoms with Crippen molar-refractivity contribution in [2.45, 2.75) is 32.0 Å². The monoisotopic (exact) mass is 417 g/mol. The summed E-state index contributed by atoms with van der Waals surface area (Å²) < 4.78 is 46.4. The van der Waals surface area contributed by atoms with Gasteiger partial charge >= 0.3 is 12.1 Å². The van der Waals surface area contributed by atoms with Crippen LogP contribution in [0.2, 0.25) is 0 Å². The summed E-state index contributed by atoms with van der Waals surface area (Å²) in [6.45, 7) is 1.80. The summed E-state index contributed by atoms with van der Waals surface area (Å²) in [6, 6.07) is 4.33. The van der Waals surface area contributed by atoms with E-state index < -0.39 is 18.6 Å². The van der Waals surface area contributed by atoms with Crippen molar-refractivity contribution in [3.63, 3.8) is 0 Å². The molecule has 0 amide bonds. The second-order valence-corrected chi connectivity index (χ2v) is 6.92. The first-order valence-corrected chi connectivity index (χ1v) is 8.32. The van der Waals surface area contributed by atoms with Crippen LogP contribution in [0.5, 0.6) is 5.75 Å². The number of ether oxygens (including phenoxy) is 1. The maximum absolute atomic E-state index is 13.0. The average molecular weight is 418 g/mol. The maximum Gasteiger partial charge on any atom is 0.393 e. The number of aromatic carboxylic acids is 1. The van der Waals surface area contributed by atoms with E-state index in [4.69, 9.17) is 4.74 Å². The van der Waals surface area contributed by atoms with Crippen LogP contribution >= 0.6 is 15.9 Å². The van der Waals surface area contributed by atoms with Gasteiger partial charge in [0, 0.05) is 11.6 Å². The zero-order valence-electron chi connectivity index (χ0n) is 13.4. The molecule has 2 aromatic rings. The Labute approximate surface area is 150 Å². The summed E-state index contributed by atoms with van der Waals surface area (Å²) in [7, 11) is 1.51. The number of rotatable bonds is 3.